The van der Waals surface area contributed by atoms with Gasteiger partial charge in [-0.15, -0.1) is 6.58 Å². The lowest BCUT2D eigenvalue weighted by Crippen LogP contribution is -2.64. The minimum Gasteiger partial charge on any atom is -0.327 e. The monoisotopic (exact) mass is 117 g/mol. The summed E-state index contributed by atoms with van der Waals surface area (Å²) >= 11 is 0. The summed E-state index contributed by atoms with van der Waals surface area (Å²) in [5.41, 5.74) is 0. The topological polar surface area (TPSA) is 78.1 Å². The van der Waals surface area contributed by atoms with Gasteiger partial charge >= 0.3 is 0 Å². The molecule has 4 heteroatoms. The molecule has 0 spiro atoms. The van der Waals surface area contributed by atoms with Gasteiger partial charge in [0.1, 0.15) is 0 Å². The Hall–Kier alpha value is -0.163. The zero-order chi connectivity index (χ0) is 5.91. The van der Waals surface area contributed by atoms with Crippen molar-refractivity contribution in [1.29, 1.82) is 0 Å². The van der Waals surface area contributed by atoms with Gasteiger partial charge in [-0.05, 0) is 0 Å². The average Bonchev–Trinajstić information content (AvgIpc) is 1.30. The van der Waals surface area contributed by atoms with E-state index < -0.39 is 8.56 Å². The minimum absolute atomic E-state index is 0.576. The van der Waals surface area contributed by atoms with Crippen molar-refractivity contribution in [3.8, 4) is 0 Å². The molecule has 0 rings (SSSR count). The van der Waals surface area contributed by atoms with Crippen LogP contribution in [0.25, 0.3) is 0 Å². The maximum absolute atomic E-state index is 5.27. The maximum atomic E-state index is 5.27. The Kier molecular flexibility index (Phi) is 2.17. The van der Waals surface area contributed by atoms with E-state index in [1.165, 1.54) is 0 Å². The van der Waals surface area contributed by atoms with E-state index in [1.807, 2.05) is 0 Å². The number of nitrogens with two attached hydrogens (primary N) is 3. The Morgan fingerprint density at radius 2 is 1.86 bits per heavy atom. The number of allylic oxidation sites excluding steroid dienone is 1. The van der Waals surface area contributed by atoms with Crippen molar-refractivity contribution in [1.82, 2.24) is 0 Å². The molecule has 0 heterocycles. The lowest BCUT2D eigenvalue weighted by atomic mass is 10.8. The van der Waals surface area contributed by atoms with Crippen LogP contribution >= 0.6 is 0 Å². The van der Waals surface area contributed by atoms with Crippen LogP contribution in [0.5, 0.6) is 0 Å². The molecule has 0 aromatic rings. The van der Waals surface area contributed by atoms with E-state index in [0.717, 1.165) is 0 Å². The van der Waals surface area contributed by atoms with Crippen molar-refractivity contribution < 1.29 is 0 Å². The van der Waals surface area contributed by atoms with E-state index in [2.05, 4.69) is 6.58 Å². The van der Waals surface area contributed by atoms with Crippen LogP contribution in [0.1, 0.15) is 0 Å². The normalized spacial score (nSPS) is 11.3. The van der Waals surface area contributed by atoms with Crippen molar-refractivity contribution in [2.45, 2.75) is 6.04 Å². The average molecular weight is 117 g/mol. The van der Waals surface area contributed by atoms with Crippen LogP contribution in [0.15, 0.2) is 12.7 Å². The quantitative estimate of drug-likeness (QED) is 0.320. The molecule has 42 valence electrons. The second-order valence-corrected chi connectivity index (χ2v) is 4.24. The van der Waals surface area contributed by atoms with E-state index in [0.29, 0.717) is 6.04 Å². The molecule has 0 aliphatic heterocycles. The molecule has 0 unspecified atom stereocenters. The number of rotatable bonds is 2. The van der Waals surface area contributed by atoms with Gasteiger partial charge in [-0.25, -0.2) is 0 Å². The van der Waals surface area contributed by atoms with Crippen LogP contribution in [0.3, 0.4) is 0 Å². The smallest absolute Gasteiger partial charge is 0.277 e. The van der Waals surface area contributed by atoms with Crippen molar-refractivity contribution in [3.05, 3.63) is 12.7 Å². The summed E-state index contributed by atoms with van der Waals surface area (Å²) in [6.07, 6.45) is 1.65. The largest absolute Gasteiger partial charge is 0.327 e. The van der Waals surface area contributed by atoms with E-state index >= 15 is 0 Å². The van der Waals surface area contributed by atoms with Crippen molar-refractivity contribution >= 4 is 8.56 Å². The molecule has 6 N–H and O–H groups in total. The highest BCUT2D eigenvalue weighted by Gasteiger charge is 2.12. The summed E-state index contributed by atoms with van der Waals surface area (Å²) in [6.45, 7) is 3.44. The van der Waals surface area contributed by atoms with Crippen molar-refractivity contribution in [2.75, 3.05) is 0 Å². The number of hydrogen-bond acceptors (Lipinski definition) is 3. The molecule has 0 aromatic heterocycles. The highest BCUT2D eigenvalue weighted by molar-refractivity contribution is 6.70. The van der Waals surface area contributed by atoms with E-state index in [-0.39, 0.29) is 0 Å². The second kappa shape index (κ2) is 2.22. The Labute approximate surface area is 44.4 Å². The first-order chi connectivity index (χ1) is 3.06. The van der Waals surface area contributed by atoms with Gasteiger partial charge in [-0.1, -0.05) is 6.08 Å². The first kappa shape index (κ1) is 6.84. The fraction of sp³-hybridized carbons (Fsp3) is 0.333. The third-order valence-corrected chi connectivity index (χ3v) is 1.49. The zero-order valence-corrected chi connectivity index (χ0v) is 5.22. The fourth-order valence-electron chi connectivity index (χ4n) is 0.250. The predicted octanol–water partition coefficient (Wildman–Crippen LogP) is -1.01. The van der Waals surface area contributed by atoms with Gasteiger partial charge in [0.25, 0.3) is 8.56 Å². The van der Waals surface area contributed by atoms with Gasteiger partial charge in [-0.3, -0.25) is 0 Å². The SMILES string of the molecule is C=CC[Si](N)(N)N. The van der Waals surface area contributed by atoms with E-state index in [9.17, 15) is 0 Å². The van der Waals surface area contributed by atoms with Crippen LogP contribution in [0.4, 0.5) is 0 Å². The highest BCUT2D eigenvalue weighted by atomic mass is 28.4. The van der Waals surface area contributed by atoms with Gasteiger partial charge in [0.05, 0.1) is 0 Å². The van der Waals surface area contributed by atoms with Gasteiger partial charge in [0.2, 0.25) is 0 Å². The molecular weight excluding hydrogens is 106 g/mol. The Bertz CT molecular complexity index is 65.1. The van der Waals surface area contributed by atoms with Crippen LogP contribution in [-0.4, -0.2) is 8.56 Å². The molecule has 7 heavy (non-hydrogen) atoms. The molecular formula is C3H11N3Si. The van der Waals surface area contributed by atoms with E-state index in [4.69, 9.17) is 16.2 Å². The lowest BCUT2D eigenvalue weighted by Gasteiger charge is -2.09. The molecule has 0 saturated heterocycles. The molecule has 0 aromatic carbocycles. The fourth-order valence-corrected chi connectivity index (χ4v) is 0.750. The summed E-state index contributed by atoms with van der Waals surface area (Å²) in [5, 5.41) is 15.8. The molecule has 0 amide bonds. The first-order valence-electron chi connectivity index (χ1n) is 2.04. The van der Waals surface area contributed by atoms with Crippen molar-refractivity contribution in [2.24, 2.45) is 16.2 Å². The van der Waals surface area contributed by atoms with Gasteiger partial charge in [-0.2, -0.15) is 0 Å². The summed E-state index contributed by atoms with van der Waals surface area (Å²) in [6, 6.07) is 0.576. The molecule has 0 aliphatic rings. The molecule has 3 nitrogen and oxygen atoms in total. The third kappa shape index (κ3) is 5.84. The van der Waals surface area contributed by atoms with Gasteiger partial charge < -0.3 is 16.2 Å². The van der Waals surface area contributed by atoms with Crippen LogP contribution < -0.4 is 16.2 Å². The molecule has 0 atom stereocenters. The Morgan fingerprint density at radius 1 is 1.43 bits per heavy atom. The highest BCUT2D eigenvalue weighted by Crippen LogP contribution is 1.82. The lowest BCUT2D eigenvalue weighted by molar-refractivity contribution is 1.34. The summed E-state index contributed by atoms with van der Waals surface area (Å²) in [4.78, 5) is 0. The molecule has 0 radical (unpaired) electrons. The summed E-state index contributed by atoms with van der Waals surface area (Å²) in [7, 11) is -2.28. The summed E-state index contributed by atoms with van der Waals surface area (Å²) < 4.78 is 0. The van der Waals surface area contributed by atoms with Gasteiger partial charge in [0.15, 0.2) is 0 Å². The van der Waals surface area contributed by atoms with Crippen molar-refractivity contribution in [3.63, 3.8) is 0 Å². The predicted molar refractivity (Wildman–Crippen MR) is 33.3 cm³/mol. The first-order valence-corrected chi connectivity index (χ1v) is 4.48. The Morgan fingerprint density at radius 3 is 1.86 bits per heavy atom. The Balaban J connectivity index is 3.34. The molecule has 0 aliphatic carbocycles. The maximum Gasteiger partial charge on any atom is 0.277 e. The molecule has 0 saturated carbocycles. The molecule has 0 bridgehead atoms. The third-order valence-electron chi connectivity index (χ3n) is 0.498. The standard InChI is InChI=1S/C3H11N3Si/c1-2-3-7(4,5)6/h2H,1,3-6H2. The zero-order valence-electron chi connectivity index (χ0n) is 4.22. The second-order valence-electron chi connectivity index (χ2n) is 1.61. The van der Waals surface area contributed by atoms with Gasteiger partial charge in [0, 0.05) is 6.04 Å². The molecule has 0 fully saturated rings. The minimum atomic E-state index is -2.28. The number of hydrogen-bond donors (Lipinski definition) is 3. The van der Waals surface area contributed by atoms with Crippen LogP contribution in [0, 0.1) is 0 Å². The van der Waals surface area contributed by atoms with Crippen LogP contribution in [-0.2, 0) is 0 Å². The van der Waals surface area contributed by atoms with Crippen LogP contribution in [0.2, 0.25) is 6.04 Å². The summed E-state index contributed by atoms with van der Waals surface area (Å²) in [5.74, 6) is 0. The van der Waals surface area contributed by atoms with E-state index in [1.54, 1.807) is 6.08 Å².